The van der Waals surface area contributed by atoms with Crippen LogP contribution in [0.25, 0.3) is 0 Å². The van der Waals surface area contributed by atoms with Gasteiger partial charge in [0.25, 0.3) is 0 Å². The summed E-state index contributed by atoms with van der Waals surface area (Å²) in [4.78, 5) is 0. The smallest absolute Gasteiger partial charge is 0.184 e. The summed E-state index contributed by atoms with van der Waals surface area (Å²) in [7, 11) is 0. The van der Waals surface area contributed by atoms with Crippen molar-refractivity contribution in [3.05, 3.63) is 146 Å². The normalized spacial score (nSPS) is 22.9. The molecule has 1 aliphatic rings. The lowest BCUT2D eigenvalue weighted by molar-refractivity contribution is -0.310. The molecule has 6 heteroatoms. The van der Waals surface area contributed by atoms with Gasteiger partial charge in [-0.15, -0.1) is 19.7 Å². The summed E-state index contributed by atoms with van der Waals surface area (Å²) in [6, 6.07) is 30.2. The van der Waals surface area contributed by atoms with Crippen LogP contribution >= 0.6 is 0 Å². The summed E-state index contributed by atoms with van der Waals surface area (Å²) < 4.78 is 31.3. The predicted molar refractivity (Wildman–Crippen MR) is 156 cm³/mol. The van der Waals surface area contributed by atoms with Gasteiger partial charge in [0, 0.05) is 0 Å². The molecule has 0 bridgehead atoms. The van der Waals surface area contributed by atoms with E-state index in [0.717, 1.165) is 16.7 Å². The quantitative estimate of drug-likeness (QED) is 0.204. The molecule has 4 rings (SSSR count). The zero-order chi connectivity index (χ0) is 28.2. The van der Waals surface area contributed by atoms with Gasteiger partial charge in [0.2, 0.25) is 0 Å². The van der Waals surface area contributed by atoms with E-state index < -0.39 is 36.3 Å². The molecule has 0 spiro atoms. The molecule has 0 saturated carbocycles. The van der Waals surface area contributed by atoms with Crippen molar-refractivity contribution in [3.63, 3.8) is 0 Å². The summed E-state index contributed by atoms with van der Waals surface area (Å²) in [6.45, 7) is 12.1. The molecule has 1 aliphatic heterocycles. The highest BCUT2D eigenvalue weighted by Crippen LogP contribution is 2.41. The summed E-state index contributed by atoms with van der Waals surface area (Å²) in [6.07, 6.45) is 0.871. The first kappa shape index (κ1) is 29.6. The van der Waals surface area contributed by atoms with E-state index in [2.05, 4.69) is 56.1 Å². The topological polar surface area (TPSA) is 66.4 Å². The number of ether oxygens (including phenoxy) is 5. The van der Waals surface area contributed by atoms with Crippen molar-refractivity contribution in [2.24, 2.45) is 0 Å². The van der Waals surface area contributed by atoms with Crippen LogP contribution in [-0.4, -0.2) is 62.2 Å². The van der Waals surface area contributed by atoms with E-state index in [0.29, 0.717) is 0 Å². The largest absolute Gasteiger partial charge is 0.369 e. The van der Waals surface area contributed by atoms with Gasteiger partial charge >= 0.3 is 0 Å². The Morgan fingerprint density at radius 2 is 1.02 bits per heavy atom. The molecule has 0 amide bonds. The summed E-state index contributed by atoms with van der Waals surface area (Å²) in [5.41, 5.74) is 1.91. The van der Waals surface area contributed by atoms with Gasteiger partial charge in [-0.3, -0.25) is 0 Å². The van der Waals surface area contributed by atoms with Gasteiger partial charge in [0.15, 0.2) is 6.29 Å². The Morgan fingerprint density at radius 1 is 0.625 bits per heavy atom. The van der Waals surface area contributed by atoms with Crippen LogP contribution < -0.4 is 0 Å². The minimum absolute atomic E-state index is 0.0830. The average molecular weight is 543 g/mol. The molecule has 1 unspecified atom stereocenters. The fourth-order valence-electron chi connectivity index (χ4n) is 5.11. The van der Waals surface area contributed by atoms with Gasteiger partial charge in [-0.2, -0.15) is 0 Å². The first-order chi connectivity index (χ1) is 19.7. The Labute approximate surface area is 237 Å². The van der Waals surface area contributed by atoms with Crippen molar-refractivity contribution in [2.75, 3.05) is 26.4 Å². The molecule has 1 fully saturated rings. The maximum absolute atomic E-state index is 11.0. The maximum atomic E-state index is 11.0. The lowest BCUT2D eigenvalue weighted by atomic mass is 9.80. The molecule has 1 saturated heterocycles. The van der Waals surface area contributed by atoms with Crippen LogP contribution in [0.2, 0.25) is 0 Å². The molecule has 0 radical (unpaired) electrons. The van der Waals surface area contributed by atoms with Gasteiger partial charge < -0.3 is 28.8 Å². The number of hydrogen-bond acceptors (Lipinski definition) is 6. The Morgan fingerprint density at radius 3 is 1.45 bits per heavy atom. The third kappa shape index (κ3) is 6.67. The molecule has 0 aromatic heterocycles. The van der Waals surface area contributed by atoms with Crippen LogP contribution in [0, 0.1) is 0 Å². The molecule has 3 aromatic rings. The highest BCUT2D eigenvalue weighted by molar-refractivity contribution is 5.47. The zero-order valence-corrected chi connectivity index (χ0v) is 22.7. The Hall–Kier alpha value is -3.36. The second-order valence-corrected chi connectivity index (χ2v) is 9.42. The van der Waals surface area contributed by atoms with Crippen LogP contribution in [0.15, 0.2) is 129 Å². The second-order valence-electron chi connectivity index (χ2n) is 9.42. The highest BCUT2D eigenvalue weighted by atomic mass is 16.7. The van der Waals surface area contributed by atoms with Crippen LogP contribution in [0.4, 0.5) is 0 Å². The lowest BCUT2D eigenvalue weighted by Crippen LogP contribution is -2.61. The Bertz CT molecular complexity index is 1090. The monoisotopic (exact) mass is 542 g/mol. The van der Waals surface area contributed by atoms with E-state index in [1.54, 1.807) is 18.2 Å². The van der Waals surface area contributed by atoms with E-state index in [4.69, 9.17) is 23.7 Å². The van der Waals surface area contributed by atoms with E-state index in [1.807, 2.05) is 54.6 Å². The summed E-state index contributed by atoms with van der Waals surface area (Å²) in [5.74, 6) is 0. The van der Waals surface area contributed by atoms with Gasteiger partial charge in [-0.05, 0) is 16.7 Å². The van der Waals surface area contributed by atoms with Crippen molar-refractivity contribution in [1.82, 2.24) is 0 Å². The third-order valence-electron chi connectivity index (χ3n) is 6.83. The highest BCUT2D eigenvalue weighted by Gasteiger charge is 2.49. The second kappa shape index (κ2) is 14.9. The van der Waals surface area contributed by atoms with Gasteiger partial charge in [-0.25, -0.2) is 0 Å². The minimum atomic E-state index is -1.27. The fraction of sp³-hybridized carbons (Fsp3) is 0.294. The molecule has 5 atom stereocenters. The van der Waals surface area contributed by atoms with Crippen LogP contribution in [-0.2, 0) is 29.3 Å². The molecule has 210 valence electrons. The molecular formula is C34H38O6. The van der Waals surface area contributed by atoms with Gasteiger partial charge in [0.05, 0.1) is 26.4 Å². The molecule has 40 heavy (non-hydrogen) atoms. The van der Waals surface area contributed by atoms with Crippen molar-refractivity contribution in [1.29, 1.82) is 0 Å². The SMILES string of the molecule is C=CCO[C@@H]1[C@H](OCC=C)[C@@H](OCC=C)C(O)O[C@@H]1COC(c1ccccc1)(c1ccccc1)c1ccccc1. The van der Waals surface area contributed by atoms with E-state index in [-0.39, 0.29) is 26.4 Å². The molecular weight excluding hydrogens is 504 g/mol. The van der Waals surface area contributed by atoms with Crippen molar-refractivity contribution >= 4 is 0 Å². The predicted octanol–water partition coefficient (Wildman–Crippen LogP) is 5.43. The van der Waals surface area contributed by atoms with Crippen molar-refractivity contribution < 1.29 is 28.8 Å². The molecule has 3 aromatic carbocycles. The van der Waals surface area contributed by atoms with E-state index in [9.17, 15) is 5.11 Å². The number of benzene rings is 3. The van der Waals surface area contributed by atoms with Gasteiger partial charge in [0.1, 0.15) is 30.0 Å². The summed E-state index contributed by atoms with van der Waals surface area (Å²) in [5, 5.41) is 11.0. The lowest BCUT2D eigenvalue weighted by Gasteiger charge is -2.45. The number of rotatable bonds is 15. The molecule has 6 nitrogen and oxygen atoms in total. The molecule has 0 aliphatic carbocycles. The van der Waals surface area contributed by atoms with Crippen molar-refractivity contribution in [2.45, 2.75) is 36.3 Å². The molecule has 1 heterocycles. The van der Waals surface area contributed by atoms with Crippen LogP contribution in [0.3, 0.4) is 0 Å². The zero-order valence-electron chi connectivity index (χ0n) is 22.7. The maximum Gasteiger partial charge on any atom is 0.184 e. The number of aliphatic hydroxyl groups excluding tert-OH is 1. The molecule has 1 N–H and O–H groups in total. The Kier molecular flexibility index (Phi) is 11.0. The van der Waals surface area contributed by atoms with Crippen molar-refractivity contribution in [3.8, 4) is 0 Å². The van der Waals surface area contributed by atoms with Crippen LogP contribution in [0.5, 0.6) is 0 Å². The first-order valence-corrected chi connectivity index (χ1v) is 13.5. The van der Waals surface area contributed by atoms with Crippen LogP contribution in [0.1, 0.15) is 16.7 Å². The van der Waals surface area contributed by atoms with Gasteiger partial charge in [-0.1, -0.05) is 109 Å². The standard InChI is InChI=1S/C34H38O6/c1-4-22-36-30-29(40-33(35)32(38-24-6-3)31(30)37-23-5-2)25-39-34(26-16-10-7-11-17-26,27-18-12-8-13-19-27)28-20-14-9-15-21-28/h4-21,29-33,35H,1-3,22-25H2/t29-,30+,31+,32-,33?/m1/s1. The van der Waals surface area contributed by atoms with E-state index >= 15 is 0 Å². The summed E-state index contributed by atoms with van der Waals surface area (Å²) >= 11 is 0. The Balaban J connectivity index is 1.75. The number of hydrogen-bond donors (Lipinski definition) is 1. The third-order valence-corrected chi connectivity index (χ3v) is 6.83. The number of aliphatic hydroxyl groups is 1. The first-order valence-electron chi connectivity index (χ1n) is 13.5. The van der Waals surface area contributed by atoms with E-state index in [1.165, 1.54) is 0 Å². The minimum Gasteiger partial charge on any atom is -0.369 e. The average Bonchev–Trinajstić information content (AvgIpc) is 3.01. The fourth-order valence-corrected chi connectivity index (χ4v) is 5.11.